The van der Waals surface area contributed by atoms with E-state index in [1.807, 2.05) is 0 Å². The first-order chi connectivity index (χ1) is 38.0. The molecule has 0 aromatic carbocycles. The Balaban J connectivity index is 3.39. The molecular weight excluding hydrogens is 947 g/mol. The number of unbranched alkanes of at least 4 members (excludes halogenated alkanes) is 51. The summed E-state index contributed by atoms with van der Waals surface area (Å²) in [6.45, 7) is 4.97. The number of amides is 1. The molecule has 0 aromatic heterocycles. The zero-order chi connectivity index (χ0) is 55.7. The minimum Gasteiger partial charge on any atom is -0.466 e. The molecule has 0 aromatic rings. The number of carbonyl (C=O) groups excluding carboxylic acids is 2. The van der Waals surface area contributed by atoms with Gasteiger partial charge in [-0.3, -0.25) is 9.59 Å². The lowest BCUT2D eigenvalue weighted by molar-refractivity contribution is -0.143. The maximum Gasteiger partial charge on any atom is 0.305 e. The molecule has 0 aliphatic heterocycles. The minimum atomic E-state index is -0.668. The van der Waals surface area contributed by atoms with E-state index in [0.717, 1.165) is 51.4 Å². The van der Waals surface area contributed by atoms with E-state index in [2.05, 4.69) is 43.5 Å². The Morgan fingerprint density at radius 1 is 0.364 bits per heavy atom. The van der Waals surface area contributed by atoms with Crippen molar-refractivity contribution in [1.82, 2.24) is 5.32 Å². The first kappa shape index (κ1) is 75.3. The van der Waals surface area contributed by atoms with Gasteiger partial charge >= 0.3 is 5.97 Å². The zero-order valence-corrected chi connectivity index (χ0v) is 52.2. The van der Waals surface area contributed by atoms with Crippen molar-refractivity contribution in [2.45, 2.75) is 405 Å². The summed E-state index contributed by atoms with van der Waals surface area (Å²) in [6, 6.07) is -0.545. The predicted molar refractivity (Wildman–Crippen MR) is 338 cm³/mol. The fourth-order valence-corrected chi connectivity index (χ4v) is 11.1. The number of hydrogen-bond donors (Lipinski definition) is 3. The van der Waals surface area contributed by atoms with Gasteiger partial charge in [0.1, 0.15) is 0 Å². The number of nitrogens with one attached hydrogen (secondary N) is 1. The third-order valence-corrected chi connectivity index (χ3v) is 16.5. The maximum absolute atomic E-state index is 12.6. The number of ether oxygens (including phenoxy) is 1. The fraction of sp³-hybridized carbons (Fsp3) is 0.915. The molecule has 0 saturated carbocycles. The Morgan fingerprint density at radius 3 is 1.00 bits per heavy atom. The van der Waals surface area contributed by atoms with Crippen LogP contribution in [0.2, 0.25) is 0 Å². The van der Waals surface area contributed by atoms with Gasteiger partial charge in [0.15, 0.2) is 0 Å². The number of allylic oxidation sites excluding steroid dienone is 4. The molecule has 2 atom stereocenters. The third kappa shape index (κ3) is 63.4. The van der Waals surface area contributed by atoms with Crippen LogP contribution in [0.15, 0.2) is 24.3 Å². The molecular formula is C71H137NO5. The number of aliphatic hydroxyl groups is 2. The second-order valence-electron chi connectivity index (χ2n) is 24.2. The largest absolute Gasteiger partial charge is 0.466 e. The summed E-state index contributed by atoms with van der Waals surface area (Å²) in [5.74, 6) is -0.0305. The monoisotopic (exact) mass is 1080 g/mol. The van der Waals surface area contributed by atoms with Gasteiger partial charge in [-0.1, -0.05) is 346 Å². The molecule has 456 valence electrons. The topological polar surface area (TPSA) is 95.9 Å². The summed E-state index contributed by atoms with van der Waals surface area (Å²) in [4.78, 5) is 24.7. The summed E-state index contributed by atoms with van der Waals surface area (Å²) in [5, 5.41) is 23.4. The maximum atomic E-state index is 12.6. The van der Waals surface area contributed by atoms with Crippen molar-refractivity contribution in [2.24, 2.45) is 0 Å². The Kier molecular flexibility index (Phi) is 65.4. The second-order valence-corrected chi connectivity index (χ2v) is 24.2. The lowest BCUT2D eigenvalue weighted by Crippen LogP contribution is -2.45. The minimum absolute atomic E-state index is 0.00292. The molecule has 6 heteroatoms. The number of aliphatic hydroxyl groups excluding tert-OH is 2. The van der Waals surface area contributed by atoms with Crippen LogP contribution >= 0.6 is 0 Å². The summed E-state index contributed by atoms with van der Waals surface area (Å²) in [7, 11) is 0. The number of rotatable bonds is 66. The standard InChI is InChI=1S/C71H137NO5/c1-3-5-7-9-11-13-15-17-19-21-23-24-25-26-28-31-35-39-43-47-51-55-59-63-69(74)68(67-73)72-70(75)64-60-56-52-48-44-40-36-32-29-27-30-34-38-42-46-50-54-58-62-66-77-71(76)65-61-57-53-49-45-41-37-33-22-20-18-16-14-12-10-8-6-4-2/h14,16,20,22,68-69,73-74H,3-13,15,17-19,21,23-67H2,1-2H3,(H,72,75)/b16-14-,22-20-. The fourth-order valence-electron chi connectivity index (χ4n) is 11.1. The number of esters is 1. The summed E-state index contributed by atoms with van der Waals surface area (Å²) >= 11 is 0. The molecule has 77 heavy (non-hydrogen) atoms. The van der Waals surface area contributed by atoms with Crippen LogP contribution < -0.4 is 5.32 Å². The Bertz CT molecular complexity index is 1200. The summed E-state index contributed by atoms with van der Waals surface area (Å²) in [6.07, 6.45) is 83.5. The molecule has 0 bridgehead atoms. The molecule has 6 nitrogen and oxygen atoms in total. The van der Waals surface area contributed by atoms with E-state index in [1.54, 1.807) is 0 Å². The molecule has 0 heterocycles. The van der Waals surface area contributed by atoms with Crippen molar-refractivity contribution in [2.75, 3.05) is 13.2 Å². The van der Waals surface area contributed by atoms with Crippen molar-refractivity contribution in [3.63, 3.8) is 0 Å². The quantitative estimate of drug-likeness (QED) is 0.0320. The predicted octanol–water partition coefficient (Wildman–Crippen LogP) is 22.5. The van der Waals surface area contributed by atoms with Gasteiger partial charge in [-0.25, -0.2) is 0 Å². The van der Waals surface area contributed by atoms with E-state index in [1.165, 1.54) is 308 Å². The van der Waals surface area contributed by atoms with E-state index in [0.29, 0.717) is 25.9 Å². The van der Waals surface area contributed by atoms with Crippen molar-refractivity contribution < 1.29 is 24.5 Å². The summed E-state index contributed by atoms with van der Waals surface area (Å²) < 4.78 is 5.50. The zero-order valence-electron chi connectivity index (χ0n) is 52.2. The third-order valence-electron chi connectivity index (χ3n) is 16.5. The van der Waals surface area contributed by atoms with Crippen LogP contribution in [0.3, 0.4) is 0 Å². The molecule has 0 aliphatic carbocycles. The number of hydrogen-bond acceptors (Lipinski definition) is 5. The Morgan fingerprint density at radius 2 is 0.649 bits per heavy atom. The van der Waals surface area contributed by atoms with Crippen molar-refractivity contribution in [1.29, 1.82) is 0 Å². The average Bonchev–Trinajstić information content (AvgIpc) is 3.43. The first-order valence-corrected chi connectivity index (χ1v) is 35.1. The lowest BCUT2D eigenvalue weighted by atomic mass is 10.0. The molecule has 3 N–H and O–H groups in total. The van der Waals surface area contributed by atoms with Gasteiger partial charge in [0, 0.05) is 12.8 Å². The smallest absolute Gasteiger partial charge is 0.305 e. The molecule has 2 unspecified atom stereocenters. The molecule has 0 saturated heterocycles. The average molecular weight is 1080 g/mol. The molecule has 0 radical (unpaired) electrons. The highest BCUT2D eigenvalue weighted by molar-refractivity contribution is 5.76. The van der Waals surface area contributed by atoms with E-state index in [4.69, 9.17) is 4.74 Å². The summed E-state index contributed by atoms with van der Waals surface area (Å²) in [5.41, 5.74) is 0. The van der Waals surface area contributed by atoms with Crippen LogP contribution in [0, 0.1) is 0 Å². The number of carbonyl (C=O) groups is 2. The van der Waals surface area contributed by atoms with Gasteiger partial charge in [0.05, 0.1) is 25.4 Å². The van der Waals surface area contributed by atoms with Crippen molar-refractivity contribution in [3.8, 4) is 0 Å². The molecule has 0 spiro atoms. The van der Waals surface area contributed by atoms with Crippen LogP contribution in [0.25, 0.3) is 0 Å². The highest BCUT2D eigenvalue weighted by Gasteiger charge is 2.20. The Labute approximate surface area is 481 Å². The molecule has 0 rings (SSSR count). The van der Waals surface area contributed by atoms with Crippen LogP contribution in [0.1, 0.15) is 393 Å². The van der Waals surface area contributed by atoms with Gasteiger partial charge in [-0.15, -0.1) is 0 Å². The van der Waals surface area contributed by atoms with Crippen LogP contribution in [-0.4, -0.2) is 47.4 Å². The van der Waals surface area contributed by atoms with Crippen molar-refractivity contribution >= 4 is 11.9 Å². The van der Waals surface area contributed by atoms with Crippen LogP contribution in [0.4, 0.5) is 0 Å². The highest BCUT2D eigenvalue weighted by Crippen LogP contribution is 2.19. The van der Waals surface area contributed by atoms with Crippen LogP contribution in [-0.2, 0) is 14.3 Å². The molecule has 0 fully saturated rings. The van der Waals surface area contributed by atoms with Gasteiger partial charge in [-0.2, -0.15) is 0 Å². The van der Waals surface area contributed by atoms with Gasteiger partial charge < -0.3 is 20.3 Å². The van der Waals surface area contributed by atoms with Gasteiger partial charge in [0.2, 0.25) is 5.91 Å². The van der Waals surface area contributed by atoms with Gasteiger partial charge in [0.25, 0.3) is 0 Å². The molecule has 0 aliphatic rings. The highest BCUT2D eigenvalue weighted by atomic mass is 16.5. The Hall–Kier alpha value is -1.66. The van der Waals surface area contributed by atoms with E-state index in [-0.39, 0.29) is 18.5 Å². The van der Waals surface area contributed by atoms with E-state index < -0.39 is 12.1 Å². The lowest BCUT2D eigenvalue weighted by Gasteiger charge is -2.22. The second kappa shape index (κ2) is 66.8. The normalized spacial score (nSPS) is 12.6. The van der Waals surface area contributed by atoms with E-state index >= 15 is 0 Å². The SMILES string of the molecule is CCCCCC/C=C\C/C=C\CCCCCCCCCC(=O)OCCCCCCCCCCCCCCCCCCCCCC(=O)NC(CO)C(O)CCCCCCCCCCCCCCCCCCCCCCCCC. The van der Waals surface area contributed by atoms with Crippen molar-refractivity contribution in [3.05, 3.63) is 24.3 Å². The first-order valence-electron chi connectivity index (χ1n) is 35.1. The van der Waals surface area contributed by atoms with Gasteiger partial charge in [-0.05, 0) is 57.8 Å². The van der Waals surface area contributed by atoms with Crippen LogP contribution in [0.5, 0.6) is 0 Å². The van der Waals surface area contributed by atoms with E-state index in [9.17, 15) is 19.8 Å². The molecule has 1 amide bonds.